The van der Waals surface area contributed by atoms with E-state index in [1.807, 2.05) is 0 Å². The van der Waals surface area contributed by atoms with Gasteiger partial charge in [0.25, 0.3) is 5.91 Å². The van der Waals surface area contributed by atoms with E-state index in [9.17, 15) is 33.1 Å². The molecule has 0 fully saturated rings. The van der Waals surface area contributed by atoms with Crippen LogP contribution in [0.4, 0.5) is 10.5 Å². The first-order valence-corrected chi connectivity index (χ1v) is 17.9. The molecule has 3 aromatic rings. The molecule has 0 aliphatic carbocycles. The van der Waals surface area contributed by atoms with Gasteiger partial charge in [-0.3, -0.25) is 38.8 Å². The van der Waals surface area contributed by atoms with Gasteiger partial charge in [0.15, 0.2) is 0 Å². The number of phosphoric acid groups is 2. The molecule has 0 aromatic heterocycles. The van der Waals surface area contributed by atoms with E-state index in [2.05, 4.69) is 25.0 Å². The van der Waals surface area contributed by atoms with Crippen LogP contribution >= 0.6 is 15.6 Å². The summed E-state index contributed by atoms with van der Waals surface area (Å²) in [5.41, 5.74) is 15.4. The number of primary amides is 2. The second-order valence-corrected chi connectivity index (χ2v) is 13.6. The highest BCUT2D eigenvalue weighted by molar-refractivity contribution is 7.47. The number of ether oxygens (including phenoxy) is 1. The van der Waals surface area contributed by atoms with Crippen LogP contribution in [-0.2, 0) is 51.6 Å². The summed E-state index contributed by atoms with van der Waals surface area (Å²) in [6.45, 7) is 0.932. The first-order valence-electron chi connectivity index (χ1n) is 14.8. The van der Waals surface area contributed by atoms with Crippen molar-refractivity contribution in [2.45, 2.75) is 44.0 Å². The lowest BCUT2D eigenvalue weighted by Gasteiger charge is -2.33. The van der Waals surface area contributed by atoms with Gasteiger partial charge in [0, 0.05) is 12.1 Å². The number of carbonyl (C=O) groups is 5. The van der Waals surface area contributed by atoms with Crippen LogP contribution in [0.5, 0.6) is 11.5 Å². The molecule has 3 rings (SSSR count). The molecule has 0 unspecified atom stereocenters. The fraction of sp³-hybridized carbons (Fsp3) is 0.233. The molecule has 20 nitrogen and oxygen atoms in total. The average molecular weight is 767 g/mol. The Labute approximate surface area is 295 Å². The molecule has 0 heterocycles. The lowest BCUT2D eigenvalue weighted by Crippen LogP contribution is -2.61. The molecule has 0 radical (unpaired) electrons. The quantitative estimate of drug-likeness (QED) is 0.0635. The number of rotatable bonds is 17. The van der Waals surface area contributed by atoms with Crippen molar-refractivity contribution < 1.29 is 66.5 Å². The molecule has 0 saturated heterocycles. The lowest BCUT2D eigenvalue weighted by molar-refractivity contribution is -0.136. The number of nitrogens with one attached hydrogen (secondary N) is 3. The number of hydrogen-bond donors (Lipinski definition) is 10. The molecule has 52 heavy (non-hydrogen) atoms. The van der Waals surface area contributed by atoms with Gasteiger partial charge in [-0.25, -0.2) is 13.9 Å². The monoisotopic (exact) mass is 766 g/mol. The molecule has 0 aliphatic heterocycles. The van der Waals surface area contributed by atoms with Crippen molar-refractivity contribution in [1.82, 2.24) is 16.0 Å². The zero-order valence-corrected chi connectivity index (χ0v) is 29.0. The highest BCUT2D eigenvalue weighted by Gasteiger charge is 2.41. The molecule has 280 valence electrons. The maximum Gasteiger partial charge on any atom is 0.524 e. The molecule has 0 saturated carbocycles. The summed E-state index contributed by atoms with van der Waals surface area (Å²) >= 11 is 0. The third-order valence-corrected chi connectivity index (χ3v) is 7.95. The first-order chi connectivity index (χ1) is 24.1. The van der Waals surface area contributed by atoms with Gasteiger partial charge in [0.2, 0.25) is 17.7 Å². The number of carbonyl (C=O) groups excluding carboxylic acids is 5. The van der Waals surface area contributed by atoms with Crippen molar-refractivity contribution >= 4 is 51.1 Å². The maximum atomic E-state index is 14.0. The Morgan fingerprint density at radius 2 is 1.35 bits per heavy atom. The predicted octanol–water partition coefficient (Wildman–Crippen LogP) is -0.0736. The predicted molar refractivity (Wildman–Crippen MR) is 180 cm³/mol. The van der Waals surface area contributed by atoms with Gasteiger partial charge < -0.3 is 46.9 Å². The van der Waals surface area contributed by atoms with E-state index in [4.69, 9.17) is 41.5 Å². The van der Waals surface area contributed by atoms with E-state index in [1.165, 1.54) is 43.3 Å². The third-order valence-electron chi connectivity index (χ3n) is 7.05. The van der Waals surface area contributed by atoms with Crippen LogP contribution in [0.1, 0.15) is 30.0 Å². The number of nitrogen functional groups attached to an aromatic ring is 1. The van der Waals surface area contributed by atoms with Crippen LogP contribution in [0.3, 0.4) is 0 Å². The van der Waals surface area contributed by atoms with E-state index in [-0.39, 0.29) is 30.1 Å². The summed E-state index contributed by atoms with van der Waals surface area (Å²) in [4.78, 5) is 101. The largest absolute Gasteiger partial charge is 0.524 e. The number of nitrogens with two attached hydrogens (primary N) is 3. The number of benzene rings is 3. The second-order valence-electron chi connectivity index (χ2n) is 11.3. The van der Waals surface area contributed by atoms with E-state index in [0.29, 0.717) is 16.8 Å². The molecular formula is C30H36N6O14P2. The Hall–Kier alpha value is -5.49. The normalized spacial score (nSPS) is 13.7. The number of phosphoric ester groups is 2. The molecule has 22 heteroatoms. The number of anilines is 1. The Bertz CT molecular complexity index is 1880. The fourth-order valence-electron chi connectivity index (χ4n) is 4.59. The molecule has 3 aromatic carbocycles. The minimum absolute atomic E-state index is 0.0411. The van der Waals surface area contributed by atoms with E-state index in [1.54, 1.807) is 24.3 Å². The standard InChI is InChI=1S/C30H36N6O14P2/c1-30(28(40)34-23(26(33)38)15-25(32)37,19-7-11-22(12-8-19)50-52(45,46)47)36-27(39)24(14-17-5-9-21(10-6-17)49-51(42,43)44)35-29(41)48-16-18-3-2-4-20(31)13-18/h2-13,23-24H,14-16,31H2,1H3,(H2,32,37)(H2,33,38)(H,34,40)(H,35,41)(H,36,39)(H2,42,43,44)(H2,45,46,47)/t23-,24-,30+/m0/s1. The Morgan fingerprint density at radius 1 is 0.788 bits per heavy atom. The molecule has 5 amide bonds. The maximum absolute atomic E-state index is 14.0. The van der Waals surface area contributed by atoms with Crippen LogP contribution in [0.25, 0.3) is 0 Å². The van der Waals surface area contributed by atoms with E-state index in [0.717, 1.165) is 12.1 Å². The van der Waals surface area contributed by atoms with E-state index < -0.39 is 69.4 Å². The van der Waals surface area contributed by atoms with Crippen LogP contribution in [0.15, 0.2) is 72.8 Å². The van der Waals surface area contributed by atoms with Gasteiger partial charge in [-0.05, 0) is 60.0 Å². The van der Waals surface area contributed by atoms with Crippen LogP contribution in [-0.4, -0.2) is 61.4 Å². The summed E-state index contributed by atoms with van der Waals surface area (Å²) in [5, 5.41) is 7.16. The Balaban J connectivity index is 1.99. The van der Waals surface area contributed by atoms with Gasteiger partial charge in [0.05, 0.1) is 6.42 Å². The Morgan fingerprint density at radius 3 is 1.85 bits per heavy atom. The minimum atomic E-state index is -4.98. The molecule has 0 aliphatic rings. The summed E-state index contributed by atoms with van der Waals surface area (Å²) in [5.74, 6) is -4.77. The van der Waals surface area contributed by atoms with Crippen molar-refractivity contribution in [1.29, 1.82) is 0 Å². The minimum Gasteiger partial charge on any atom is -0.445 e. The molecule has 3 atom stereocenters. The SMILES string of the molecule is C[C@](NC(=O)[C@H](Cc1ccc(OP(=O)(O)O)cc1)NC(=O)OCc1cccc(N)c1)(C(=O)N[C@@H](CC(N)=O)C(N)=O)c1ccc(OP(=O)(O)O)cc1. The van der Waals surface area contributed by atoms with Crippen LogP contribution in [0.2, 0.25) is 0 Å². The summed E-state index contributed by atoms with van der Waals surface area (Å²) in [6, 6.07) is 12.9. The van der Waals surface area contributed by atoms with Crippen molar-refractivity contribution in [2.75, 3.05) is 5.73 Å². The second kappa shape index (κ2) is 17.1. The van der Waals surface area contributed by atoms with Crippen LogP contribution < -0.4 is 42.2 Å². The summed E-state index contributed by atoms with van der Waals surface area (Å²) in [6.07, 6.45) is -2.08. The summed E-state index contributed by atoms with van der Waals surface area (Å²) < 4.78 is 36.9. The van der Waals surface area contributed by atoms with E-state index >= 15 is 0 Å². The highest BCUT2D eigenvalue weighted by Crippen LogP contribution is 2.38. The zero-order valence-electron chi connectivity index (χ0n) is 27.2. The lowest BCUT2D eigenvalue weighted by atomic mass is 9.89. The first kappa shape index (κ1) is 40.9. The van der Waals surface area contributed by atoms with Crippen LogP contribution in [0, 0.1) is 0 Å². The topological polar surface area (TPSA) is 342 Å². The van der Waals surface area contributed by atoms with Gasteiger partial charge in [-0.15, -0.1) is 0 Å². The van der Waals surface area contributed by atoms with Crippen molar-refractivity contribution in [3.8, 4) is 11.5 Å². The third kappa shape index (κ3) is 13.0. The van der Waals surface area contributed by atoms with Crippen molar-refractivity contribution in [3.05, 3.63) is 89.5 Å². The van der Waals surface area contributed by atoms with Gasteiger partial charge in [-0.1, -0.05) is 36.4 Å². The number of amides is 5. The van der Waals surface area contributed by atoms with Gasteiger partial charge >= 0.3 is 21.7 Å². The number of hydrogen-bond acceptors (Lipinski definition) is 11. The molecule has 13 N–H and O–H groups in total. The molecule has 0 spiro atoms. The number of alkyl carbamates (subject to hydrolysis) is 1. The molecule has 0 bridgehead atoms. The fourth-order valence-corrected chi connectivity index (χ4v) is 5.38. The highest BCUT2D eigenvalue weighted by atomic mass is 31.2. The average Bonchev–Trinajstić information content (AvgIpc) is 3.02. The smallest absolute Gasteiger partial charge is 0.445 e. The van der Waals surface area contributed by atoms with Gasteiger partial charge in [-0.2, -0.15) is 0 Å². The Kier molecular flexibility index (Phi) is 13.5. The van der Waals surface area contributed by atoms with Crippen molar-refractivity contribution in [2.24, 2.45) is 11.5 Å². The molecular weight excluding hydrogens is 730 g/mol. The van der Waals surface area contributed by atoms with Crippen molar-refractivity contribution in [3.63, 3.8) is 0 Å². The summed E-state index contributed by atoms with van der Waals surface area (Å²) in [7, 11) is -9.87. The van der Waals surface area contributed by atoms with Gasteiger partial charge in [0.1, 0.15) is 35.7 Å². The zero-order chi connectivity index (χ0) is 38.9.